The third kappa shape index (κ3) is 21.6. The van der Waals surface area contributed by atoms with Crippen molar-refractivity contribution in [1.29, 1.82) is 0 Å². The number of carbonyl (C=O) groups is 1. The number of halogens is 2. The fourth-order valence-electron chi connectivity index (χ4n) is 10.7. The van der Waals surface area contributed by atoms with Crippen molar-refractivity contribution in [2.75, 3.05) is 0 Å². The summed E-state index contributed by atoms with van der Waals surface area (Å²) in [4.78, 5) is 41.5. The molecule has 0 aliphatic heterocycles. The summed E-state index contributed by atoms with van der Waals surface area (Å²) >= 11 is 0. The van der Waals surface area contributed by atoms with E-state index in [9.17, 15) is 13.6 Å². The summed E-state index contributed by atoms with van der Waals surface area (Å²) in [6, 6.07) is 87.0. The second-order valence-corrected chi connectivity index (χ2v) is 28.1. The van der Waals surface area contributed by atoms with Gasteiger partial charge >= 0.3 is 5.97 Å². The van der Waals surface area contributed by atoms with E-state index in [4.69, 9.17) is 20.1 Å². The van der Waals surface area contributed by atoms with Gasteiger partial charge in [-0.3, -0.25) is 8.78 Å². The first-order chi connectivity index (χ1) is 47.2. The number of hydrogen-bond donors (Lipinski definition) is 1. The van der Waals surface area contributed by atoms with Gasteiger partial charge in [0.15, 0.2) is 17.5 Å². The van der Waals surface area contributed by atoms with Crippen LogP contribution in [0.25, 0.3) is 101 Å². The van der Waals surface area contributed by atoms with Crippen LogP contribution in [0.5, 0.6) is 0 Å². The monoisotopic (exact) mass is 1880 g/mol. The van der Waals surface area contributed by atoms with Gasteiger partial charge in [-0.15, -0.1) is 83.4 Å². The number of aromatic carboxylic acids is 1. The SMILES string of the molecule is CC(C)(C)c1ccc(-c2cc(-c3ccc(C(C)(C)C)cc3)cc(-c3cc[c-]c(-c4ccccn4)c3)c2)cc1.CC(C)(C)c1ccc(-c2nc(-c3ccc(C(C)(C)C)cc3)nc(-c3ccc(-c4[c-]cccc4)nc3)n2)cc1.Fc1c[c-]c(-c2ccccn2)c(F)c1.O=C(O)c1ccccn1.[Ir].[Ir].[Ir]. The van der Waals surface area contributed by atoms with Crippen LogP contribution in [0, 0.1) is 29.8 Å². The second-order valence-electron chi connectivity index (χ2n) is 28.1. The minimum absolute atomic E-state index is 0. The molecule has 0 saturated heterocycles. The van der Waals surface area contributed by atoms with Crippen molar-refractivity contribution in [3.63, 3.8) is 0 Å². The predicted octanol–water partition coefficient (Wildman–Crippen LogP) is 22.1. The Bertz CT molecular complexity index is 4670. The van der Waals surface area contributed by atoms with Crippen molar-refractivity contribution in [2.24, 2.45) is 0 Å². The maximum atomic E-state index is 13.2. The molecule has 9 nitrogen and oxygen atoms in total. The maximum absolute atomic E-state index is 13.2. The molecule has 13 aromatic rings. The zero-order valence-corrected chi connectivity index (χ0v) is 66.3. The third-order valence-corrected chi connectivity index (χ3v) is 16.5. The molecule has 8 aromatic carbocycles. The van der Waals surface area contributed by atoms with Gasteiger partial charge in [-0.25, -0.2) is 24.7 Å². The molecule has 0 saturated carbocycles. The maximum Gasteiger partial charge on any atom is 0.354 e. The first-order valence-electron chi connectivity index (χ1n) is 32.9. The first-order valence-corrected chi connectivity index (χ1v) is 32.9. The predicted molar refractivity (Wildman–Crippen MR) is 397 cm³/mol. The Kier molecular flexibility index (Phi) is 27.8. The van der Waals surface area contributed by atoms with E-state index in [1.165, 1.54) is 62.3 Å². The number of carboxylic acid groups (broad SMARTS) is 1. The molecule has 0 spiro atoms. The summed E-state index contributed by atoms with van der Waals surface area (Å²) in [6.45, 7) is 26.8. The Morgan fingerprint density at radius 2 is 0.755 bits per heavy atom. The summed E-state index contributed by atoms with van der Waals surface area (Å²) in [7, 11) is 0. The quantitative estimate of drug-likeness (QED) is 0.133. The third-order valence-electron chi connectivity index (χ3n) is 16.5. The smallest absolute Gasteiger partial charge is 0.354 e. The van der Waals surface area contributed by atoms with Crippen LogP contribution in [-0.4, -0.2) is 46.0 Å². The summed E-state index contributed by atoms with van der Waals surface area (Å²) in [5, 5.41) is 8.32. The van der Waals surface area contributed by atoms with Gasteiger partial charge < -0.3 is 20.1 Å². The number of rotatable bonds is 10. The van der Waals surface area contributed by atoms with Crippen molar-refractivity contribution < 1.29 is 79.0 Å². The fraction of sp³-hybridized carbons (Fsp3) is 0.182. The van der Waals surface area contributed by atoms with Crippen LogP contribution in [0.3, 0.4) is 0 Å². The van der Waals surface area contributed by atoms with Crippen LogP contribution < -0.4 is 0 Å². The first kappa shape index (κ1) is 80.0. The van der Waals surface area contributed by atoms with Crippen LogP contribution in [-0.2, 0) is 82.0 Å². The van der Waals surface area contributed by atoms with Crippen LogP contribution >= 0.6 is 0 Å². The summed E-state index contributed by atoms with van der Waals surface area (Å²) < 4.78 is 25.8. The van der Waals surface area contributed by atoms with Gasteiger partial charge in [0.25, 0.3) is 0 Å². The number of nitrogens with zero attached hydrogens (tertiary/aromatic N) is 7. The molecule has 0 unspecified atom stereocenters. The van der Waals surface area contributed by atoms with Crippen LogP contribution in [0.15, 0.2) is 261 Å². The van der Waals surface area contributed by atoms with Gasteiger partial charge in [0.2, 0.25) is 0 Å². The molecular formula is C88H80F2Ir3N7O2-3. The summed E-state index contributed by atoms with van der Waals surface area (Å²) in [5.74, 6) is -0.390. The van der Waals surface area contributed by atoms with Crippen molar-refractivity contribution >= 4 is 5.97 Å². The Morgan fingerprint density at radius 3 is 1.14 bits per heavy atom. The molecule has 0 bridgehead atoms. The van der Waals surface area contributed by atoms with Crippen molar-refractivity contribution in [3.05, 3.63) is 319 Å². The molecule has 3 radical (unpaired) electrons. The number of pyridine rings is 4. The molecule has 5 heterocycles. The van der Waals surface area contributed by atoms with E-state index in [1.807, 2.05) is 73.1 Å². The fourth-order valence-corrected chi connectivity index (χ4v) is 10.7. The van der Waals surface area contributed by atoms with E-state index in [2.05, 4.69) is 249 Å². The molecule has 14 heteroatoms. The average molecular weight is 1880 g/mol. The molecule has 0 amide bonds. The molecule has 0 atom stereocenters. The van der Waals surface area contributed by atoms with Gasteiger partial charge in [0.05, 0.1) is 0 Å². The second kappa shape index (κ2) is 35.5. The Hall–Kier alpha value is -9.35. The van der Waals surface area contributed by atoms with Crippen molar-refractivity contribution in [1.82, 2.24) is 34.9 Å². The molecular weight excluding hydrogens is 1800 g/mol. The van der Waals surface area contributed by atoms with Crippen molar-refractivity contribution in [2.45, 2.75) is 105 Å². The summed E-state index contributed by atoms with van der Waals surface area (Å²) in [5.41, 5.74) is 20.1. The van der Waals surface area contributed by atoms with E-state index < -0.39 is 17.6 Å². The molecule has 0 aliphatic carbocycles. The molecule has 0 aliphatic rings. The van der Waals surface area contributed by atoms with Crippen LogP contribution in [0.2, 0.25) is 0 Å². The zero-order chi connectivity index (χ0) is 70.5. The Labute approximate surface area is 640 Å². The number of benzene rings is 8. The van der Waals surface area contributed by atoms with Crippen LogP contribution in [0.4, 0.5) is 8.78 Å². The van der Waals surface area contributed by atoms with Gasteiger partial charge in [0, 0.05) is 113 Å². The minimum Gasteiger partial charge on any atom is -0.477 e. The molecule has 13 rings (SSSR count). The average Bonchev–Trinajstić information content (AvgIpc) is 0.795. The molecule has 1 N–H and O–H groups in total. The number of carboxylic acids is 1. The van der Waals surface area contributed by atoms with Gasteiger partial charge in [-0.2, -0.15) is 0 Å². The Morgan fingerprint density at radius 1 is 0.353 bits per heavy atom. The van der Waals surface area contributed by atoms with Gasteiger partial charge in [-0.1, -0.05) is 234 Å². The van der Waals surface area contributed by atoms with Gasteiger partial charge in [0.1, 0.15) is 5.69 Å². The van der Waals surface area contributed by atoms with E-state index in [0.29, 0.717) is 23.2 Å². The number of hydrogen-bond acceptors (Lipinski definition) is 8. The minimum atomic E-state index is -0.990. The Balaban J connectivity index is 0.000000213. The molecule has 102 heavy (non-hydrogen) atoms. The molecule has 0 fully saturated rings. The molecule has 523 valence electrons. The van der Waals surface area contributed by atoms with Crippen molar-refractivity contribution in [3.8, 4) is 101 Å². The number of aromatic nitrogens is 7. The van der Waals surface area contributed by atoms with Gasteiger partial charge in [-0.05, 0) is 131 Å². The normalized spacial score (nSPS) is 11.1. The van der Waals surface area contributed by atoms with E-state index in [0.717, 1.165) is 56.9 Å². The van der Waals surface area contributed by atoms with Crippen LogP contribution in [0.1, 0.15) is 116 Å². The van der Waals surface area contributed by atoms with E-state index in [1.54, 1.807) is 36.5 Å². The zero-order valence-electron chi connectivity index (χ0n) is 59.1. The largest absolute Gasteiger partial charge is 0.477 e. The standard InChI is InChI=1S/C37H36N.C34H33N4.C11H6F2N.C6H5NO2.3Ir/c1-36(2,3)33-17-13-26(14-18-33)30-23-31(27-15-19-34(20-16-27)37(4,5)6)25-32(24-30)28-10-9-11-29(22-28)35-12-7-8-21-38-35;1-33(2,3)27-17-12-24(13-18-27)30-36-31(25-14-19-28(20-15-25)34(4,5)6)38-32(37-30)26-16-21-29(35-22-26)23-10-8-7-9-11-23;12-8-4-5-9(10(13)7-8)11-3-1-2-6-14-11;8-6(9)5-3-1-2-4-7-5;;;/h7-10,12-25H,1-6H3;7-10,12-22H,1-6H3;1-4,6-7H;1-4H,(H,8,9);;;/q3*-1;;;;. The van der Waals surface area contributed by atoms with E-state index >= 15 is 0 Å². The topological polar surface area (TPSA) is 128 Å². The molecule has 5 aromatic heterocycles. The summed E-state index contributed by atoms with van der Waals surface area (Å²) in [6.07, 6.45) is 6.65. The van der Waals surface area contributed by atoms with E-state index in [-0.39, 0.29) is 93.2 Å².